The summed E-state index contributed by atoms with van der Waals surface area (Å²) in [6.07, 6.45) is 8.69. The van der Waals surface area contributed by atoms with Gasteiger partial charge < -0.3 is 20.7 Å². The minimum atomic E-state index is -0.454. The van der Waals surface area contributed by atoms with E-state index in [1.165, 1.54) is 25.7 Å². The Labute approximate surface area is 217 Å². The molecule has 3 N–H and O–H groups in total. The van der Waals surface area contributed by atoms with E-state index in [4.69, 9.17) is 10.5 Å². The van der Waals surface area contributed by atoms with Crippen LogP contribution in [0.1, 0.15) is 75.6 Å². The minimum Gasteiger partial charge on any atom is -0.497 e. The number of nitrogens with zero attached hydrogens (tertiary/aromatic N) is 2. The number of nitrogens with two attached hydrogens (primary N) is 1. The molecule has 2 amide bonds. The summed E-state index contributed by atoms with van der Waals surface area (Å²) in [7, 11) is 1.60. The Morgan fingerprint density at radius 1 is 1.11 bits per heavy atom. The summed E-state index contributed by atoms with van der Waals surface area (Å²) < 4.78 is 5.34. The van der Waals surface area contributed by atoms with Crippen molar-refractivity contribution in [1.82, 2.24) is 15.1 Å². The van der Waals surface area contributed by atoms with E-state index >= 15 is 0 Å². The van der Waals surface area contributed by atoms with Gasteiger partial charge >= 0.3 is 0 Å². The van der Waals surface area contributed by atoms with Gasteiger partial charge in [0.2, 0.25) is 5.91 Å². The van der Waals surface area contributed by atoms with E-state index in [2.05, 4.69) is 24.1 Å². The lowest BCUT2D eigenvalue weighted by molar-refractivity contribution is -0.128. The maximum atomic E-state index is 13.7. The lowest BCUT2D eigenvalue weighted by atomic mass is 9.81. The number of rotatable bonds is 10. The normalized spacial score (nSPS) is 26.8. The van der Waals surface area contributed by atoms with Gasteiger partial charge in [-0.3, -0.25) is 14.5 Å². The van der Waals surface area contributed by atoms with Crippen molar-refractivity contribution in [3.05, 3.63) is 29.8 Å². The monoisotopic (exact) mass is 498 g/mol. The predicted octanol–water partition coefficient (Wildman–Crippen LogP) is 3.67. The Morgan fingerprint density at radius 2 is 1.89 bits per heavy atom. The number of methoxy groups -OCH3 is 1. The molecule has 7 heteroatoms. The third-order valence-electron chi connectivity index (χ3n) is 8.31. The van der Waals surface area contributed by atoms with Gasteiger partial charge in [0.15, 0.2) is 0 Å². The fourth-order valence-electron chi connectivity index (χ4n) is 6.25. The number of carbonyl (C=O) groups excluding carboxylic acids is 2. The summed E-state index contributed by atoms with van der Waals surface area (Å²) in [5.41, 5.74) is 6.50. The first-order valence-electron chi connectivity index (χ1n) is 14.1. The summed E-state index contributed by atoms with van der Waals surface area (Å²) in [6.45, 7) is 7.58. The highest BCUT2D eigenvalue weighted by molar-refractivity contribution is 5.98. The van der Waals surface area contributed by atoms with E-state index in [1.54, 1.807) is 13.2 Å². The second-order valence-electron chi connectivity index (χ2n) is 11.6. The van der Waals surface area contributed by atoms with Crippen molar-refractivity contribution in [2.45, 2.75) is 83.3 Å². The van der Waals surface area contributed by atoms with Crippen LogP contribution in [0.3, 0.4) is 0 Å². The van der Waals surface area contributed by atoms with Crippen molar-refractivity contribution in [3.63, 3.8) is 0 Å². The topological polar surface area (TPSA) is 87.9 Å². The van der Waals surface area contributed by atoms with Crippen LogP contribution in [-0.2, 0) is 4.79 Å². The SMILES string of the molecule is COc1cccc(C(=O)N2CCC(N(CC(C)C)C3CC3)C[C@@H]2C(=O)NCC2CCCC(CN)C2)c1. The second-order valence-corrected chi connectivity index (χ2v) is 11.6. The van der Waals surface area contributed by atoms with Crippen molar-refractivity contribution in [1.29, 1.82) is 0 Å². The van der Waals surface area contributed by atoms with Gasteiger partial charge in [-0.2, -0.15) is 0 Å². The van der Waals surface area contributed by atoms with Crippen LogP contribution in [0.5, 0.6) is 5.75 Å². The average Bonchev–Trinajstić information content (AvgIpc) is 3.75. The fourth-order valence-corrected chi connectivity index (χ4v) is 6.25. The number of piperidine rings is 1. The molecular formula is C29H46N4O3. The maximum absolute atomic E-state index is 13.7. The maximum Gasteiger partial charge on any atom is 0.254 e. The van der Waals surface area contributed by atoms with Gasteiger partial charge in [0.25, 0.3) is 5.91 Å². The first kappa shape index (κ1) is 26.9. The molecule has 7 nitrogen and oxygen atoms in total. The Bertz CT molecular complexity index is 887. The molecule has 200 valence electrons. The van der Waals surface area contributed by atoms with E-state index in [1.807, 2.05) is 23.1 Å². The molecule has 1 saturated heterocycles. The van der Waals surface area contributed by atoms with Crippen molar-refractivity contribution in [3.8, 4) is 5.75 Å². The lowest BCUT2D eigenvalue weighted by Gasteiger charge is -2.43. The Kier molecular flexibility index (Phi) is 9.29. The van der Waals surface area contributed by atoms with Crippen LogP contribution in [0.15, 0.2) is 24.3 Å². The Hall–Kier alpha value is -2.12. The zero-order chi connectivity index (χ0) is 25.7. The molecule has 0 radical (unpaired) electrons. The molecule has 0 bridgehead atoms. The minimum absolute atomic E-state index is 0.00823. The summed E-state index contributed by atoms with van der Waals surface area (Å²) in [4.78, 5) is 31.7. The molecule has 3 fully saturated rings. The van der Waals surface area contributed by atoms with Crippen molar-refractivity contribution < 1.29 is 14.3 Å². The zero-order valence-corrected chi connectivity index (χ0v) is 22.5. The third kappa shape index (κ3) is 6.80. The zero-order valence-electron chi connectivity index (χ0n) is 22.5. The summed E-state index contributed by atoms with van der Waals surface area (Å²) in [6, 6.07) is 7.78. The molecule has 1 aliphatic heterocycles. The molecular weight excluding hydrogens is 452 g/mol. The van der Waals surface area contributed by atoms with Gasteiger partial charge in [-0.05, 0) is 87.4 Å². The van der Waals surface area contributed by atoms with Gasteiger partial charge in [-0.1, -0.05) is 26.3 Å². The summed E-state index contributed by atoms with van der Waals surface area (Å²) >= 11 is 0. The quantitative estimate of drug-likeness (QED) is 0.514. The molecule has 2 saturated carbocycles. The van der Waals surface area contributed by atoms with Gasteiger partial charge in [0.05, 0.1) is 7.11 Å². The number of hydrogen-bond donors (Lipinski definition) is 2. The highest BCUT2D eigenvalue weighted by Gasteiger charge is 2.42. The van der Waals surface area contributed by atoms with E-state index in [-0.39, 0.29) is 11.8 Å². The van der Waals surface area contributed by atoms with Crippen LogP contribution in [0.4, 0.5) is 0 Å². The van der Waals surface area contributed by atoms with Gasteiger partial charge in [0.1, 0.15) is 11.8 Å². The highest BCUT2D eigenvalue weighted by Crippen LogP contribution is 2.35. The summed E-state index contributed by atoms with van der Waals surface area (Å²) in [5.74, 6) is 2.17. The number of hydrogen-bond acceptors (Lipinski definition) is 5. The van der Waals surface area contributed by atoms with Crippen LogP contribution in [-0.4, -0.2) is 73.0 Å². The molecule has 3 unspecified atom stereocenters. The largest absolute Gasteiger partial charge is 0.497 e. The van der Waals surface area contributed by atoms with Crippen molar-refractivity contribution in [2.75, 3.05) is 33.3 Å². The van der Waals surface area contributed by atoms with Gasteiger partial charge in [0, 0.05) is 37.3 Å². The molecule has 0 aromatic heterocycles. The molecule has 1 heterocycles. The van der Waals surface area contributed by atoms with Crippen LogP contribution < -0.4 is 15.8 Å². The first-order valence-corrected chi connectivity index (χ1v) is 14.1. The number of nitrogens with one attached hydrogen (secondary N) is 1. The Balaban J connectivity index is 1.49. The van der Waals surface area contributed by atoms with Gasteiger partial charge in [-0.15, -0.1) is 0 Å². The highest BCUT2D eigenvalue weighted by atomic mass is 16.5. The second kappa shape index (κ2) is 12.4. The predicted molar refractivity (Wildman–Crippen MR) is 143 cm³/mol. The molecule has 3 aliphatic rings. The smallest absolute Gasteiger partial charge is 0.254 e. The van der Waals surface area contributed by atoms with Crippen LogP contribution in [0, 0.1) is 17.8 Å². The number of likely N-dealkylation sites (tertiary alicyclic amines) is 1. The van der Waals surface area contributed by atoms with E-state index < -0.39 is 6.04 Å². The third-order valence-corrected chi connectivity index (χ3v) is 8.31. The molecule has 0 spiro atoms. The number of carbonyl (C=O) groups is 2. The molecule has 4 rings (SSSR count). The van der Waals surface area contributed by atoms with Crippen LogP contribution in [0.2, 0.25) is 0 Å². The lowest BCUT2D eigenvalue weighted by Crippen LogP contribution is -2.58. The number of amides is 2. The van der Waals surface area contributed by atoms with Crippen molar-refractivity contribution >= 4 is 11.8 Å². The average molecular weight is 499 g/mol. The molecule has 1 aromatic rings. The molecule has 36 heavy (non-hydrogen) atoms. The molecule has 4 atom stereocenters. The fraction of sp³-hybridized carbons (Fsp3) is 0.724. The summed E-state index contributed by atoms with van der Waals surface area (Å²) in [5, 5.41) is 3.25. The first-order chi connectivity index (χ1) is 17.4. The number of benzene rings is 1. The standard InChI is InChI=1S/C29H46N4O3/c1-20(2)19-33(24-10-11-24)25-12-13-32(29(35)23-8-5-9-26(15-23)36-3)27(16-25)28(34)31-18-22-7-4-6-21(14-22)17-30/h5,8-9,15,20-22,24-25,27H,4,6-7,10-14,16-19,30H2,1-3H3,(H,31,34)/t21?,22?,25?,27-/m1/s1. The number of ether oxygens (including phenoxy) is 1. The van der Waals surface area contributed by atoms with E-state index in [0.29, 0.717) is 60.7 Å². The van der Waals surface area contributed by atoms with E-state index in [9.17, 15) is 9.59 Å². The van der Waals surface area contributed by atoms with E-state index in [0.717, 1.165) is 32.4 Å². The van der Waals surface area contributed by atoms with Crippen LogP contribution in [0.25, 0.3) is 0 Å². The Morgan fingerprint density at radius 3 is 2.58 bits per heavy atom. The molecule has 1 aromatic carbocycles. The van der Waals surface area contributed by atoms with Crippen molar-refractivity contribution in [2.24, 2.45) is 23.5 Å². The van der Waals surface area contributed by atoms with Crippen LogP contribution >= 0.6 is 0 Å². The molecule has 2 aliphatic carbocycles. The van der Waals surface area contributed by atoms with Gasteiger partial charge in [-0.25, -0.2) is 0 Å².